The lowest BCUT2D eigenvalue weighted by molar-refractivity contribution is 0.421. The molecule has 0 aliphatic rings. The minimum absolute atomic E-state index is 0.1000. The maximum Gasteiger partial charge on any atom is 0.239 e. The number of nitrogens with two attached hydrogens (primary N) is 1. The minimum atomic E-state index is -0.468. The molecule has 4 nitrogen and oxygen atoms in total. The summed E-state index contributed by atoms with van der Waals surface area (Å²) >= 11 is 3.16. The van der Waals surface area contributed by atoms with Crippen LogP contribution in [0.5, 0.6) is 11.6 Å². The van der Waals surface area contributed by atoms with Crippen LogP contribution in [0.1, 0.15) is 5.69 Å². The summed E-state index contributed by atoms with van der Waals surface area (Å²) in [5.41, 5.74) is 6.03. The van der Waals surface area contributed by atoms with E-state index in [2.05, 4.69) is 26.1 Å². The maximum absolute atomic E-state index is 13.5. The van der Waals surface area contributed by atoms with Crippen molar-refractivity contribution < 1.29 is 9.13 Å². The number of hydrogen-bond acceptors (Lipinski definition) is 4. The average molecular weight is 298 g/mol. The minimum Gasteiger partial charge on any atom is -0.434 e. The van der Waals surface area contributed by atoms with Gasteiger partial charge < -0.3 is 10.5 Å². The molecule has 0 saturated carbocycles. The van der Waals surface area contributed by atoms with E-state index in [-0.39, 0.29) is 11.6 Å². The molecule has 17 heavy (non-hydrogen) atoms. The fraction of sp³-hybridized carbons (Fsp3) is 0.0909. The smallest absolute Gasteiger partial charge is 0.239 e. The zero-order valence-corrected chi connectivity index (χ0v) is 10.3. The van der Waals surface area contributed by atoms with Crippen molar-refractivity contribution in [2.24, 2.45) is 5.73 Å². The summed E-state index contributed by atoms with van der Waals surface area (Å²) < 4.78 is 19.4. The van der Waals surface area contributed by atoms with Gasteiger partial charge in [-0.15, -0.1) is 5.10 Å². The van der Waals surface area contributed by atoms with E-state index in [9.17, 15) is 4.39 Å². The predicted octanol–water partition coefficient (Wildman–Crippen LogP) is 2.63. The Balaban J connectivity index is 2.19. The molecule has 1 heterocycles. The Morgan fingerprint density at radius 2 is 2.06 bits per heavy atom. The van der Waals surface area contributed by atoms with E-state index >= 15 is 0 Å². The summed E-state index contributed by atoms with van der Waals surface area (Å²) in [4.78, 5) is 0. The number of hydrogen-bond donors (Lipinski definition) is 1. The average Bonchev–Trinajstić information content (AvgIpc) is 2.34. The molecule has 0 unspecified atom stereocenters. The van der Waals surface area contributed by atoms with E-state index in [0.29, 0.717) is 16.7 Å². The van der Waals surface area contributed by atoms with Crippen LogP contribution in [0.25, 0.3) is 0 Å². The molecule has 0 bridgehead atoms. The van der Waals surface area contributed by atoms with Crippen LogP contribution >= 0.6 is 15.9 Å². The molecule has 0 fully saturated rings. The van der Waals surface area contributed by atoms with Crippen LogP contribution in [-0.2, 0) is 6.54 Å². The lowest BCUT2D eigenvalue weighted by Gasteiger charge is -2.05. The monoisotopic (exact) mass is 297 g/mol. The molecule has 6 heteroatoms. The SMILES string of the molecule is NCc1ccc(Oc2ccc(Br)cc2F)nn1. The van der Waals surface area contributed by atoms with Gasteiger partial charge in [0, 0.05) is 17.1 Å². The van der Waals surface area contributed by atoms with E-state index in [1.54, 1.807) is 18.2 Å². The van der Waals surface area contributed by atoms with Crippen LogP contribution in [0.3, 0.4) is 0 Å². The van der Waals surface area contributed by atoms with Gasteiger partial charge >= 0.3 is 0 Å². The summed E-state index contributed by atoms with van der Waals surface area (Å²) in [5, 5.41) is 7.59. The molecule has 0 atom stereocenters. The fourth-order valence-corrected chi connectivity index (χ4v) is 1.51. The van der Waals surface area contributed by atoms with Gasteiger partial charge in [0.2, 0.25) is 5.88 Å². The molecule has 0 radical (unpaired) electrons. The van der Waals surface area contributed by atoms with Crippen molar-refractivity contribution in [3.05, 3.63) is 46.3 Å². The Kier molecular flexibility index (Phi) is 3.65. The third kappa shape index (κ3) is 2.98. The number of halogens is 2. The van der Waals surface area contributed by atoms with Crippen molar-refractivity contribution in [2.45, 2.75) is 6.54 Å². The van der Waals surface area contributed by atoms with Crippen LogP contribution < -0.4 is 10.5 Å². The summed E-state index contributed by atoms with van der Waals surface area (Å²) in [6.07, 6.45) is 0. The quantitative estimate of drug-likeness (QED) is 0.946. The third-order valence-corrected chi connectivity index (χ3v) is 2.51. The maximum atomic E-state index is 13.5. The Bertz CT molecular complexity index is 519. The number of ether oxygens (including phenoxy) is 1. The Labute approximate surface area is 106 Å². The number of benzene rings is 1. The second-order valence-corrected chi connectivity index (χ2v) is 4.16. The molecule has 88 valence electrons. The summed E-state index contributed by atoms with van der Waals surface area (Å²) in [6, 6.07) is 7.78. The normalized spacial score (nSPS) is 10.3. The lowest BCUT2D eigenvalue weighted by atomic mass is 10.3. The predicted molar refractivity (Wildman–Crippen MR) is 64.1 cm³/mol. The zero-order chi connectivity index (χ0) is 12.3. The van der Waals surface area contributed by atoms with E-state index in [4.69, 9.17) is 10.5 Å². The molecular formula is C11H9BrFN3O. The van der Waals surface area contributed by atoms with Crippen molar-refractivity contribution >= 4 is 15.9 Å². The van der Waals surface area contributed by atoms with Crippen molar-refractivity contribution in [2.75, 3.05) is 0 Å². The first-order valence-electron chi connectivity index (χ1n) is 4.84. The van der Waals surface area contributed by atoms with E-state index in [1.165, 1.54) is 12.1 Å². The highest BCUT2D eigenvalue weighted by Crippen LogP contribution is 2.25. The second kappa shape index (κ2) is 5.20. The highest BCUT2D eigenvalue weighted by atomic mass is 79.9. The van der Waals surface area contributed by atoms with E-state index < -0.39 is 5.82 Å². The molecule has 0 aliphatic heterocycles. The first-order valence-corrected chi connectivity index (χ1v) is 5.64. The summed E-state index contributed by atoms with van der Waals surface area (Å²) in [5.74, 6) is -0.143. The standard InChI is InChI=1S/C11H9BrFN3O/c12-7-1-3-10(9(13)5-7)17-11-4-2-8(6-14)15-16-11/h1-5H,6,14H2. The Hall–Kier alpha value is -1.53. The number of rotatable bonds is 3. The molecule has 2 rings (SSSR count). The summed E-state index contributed by atoms with van der Waals surface area (Å²) in [7, 11) is 0. The van der Waals surface area contributed by atoms with Crippen molar-refractivity contribution in [1.29, 1.82) is 0 Å². The molecule has 1 aromatic carbocycles. The summed E-state index contributed by atoms with van der Waals surface area (Å²) in [6.45, 7) is 0.305. The molecule has 2 aromatic rings. The van der Waals surface area contributed by atoms with Gasteiger partial charge in [-0.25, -0.2) is 4.39 Å². The zero-order valence-electron chi connectivity index (χ0n) is 8.73. The number of aromatic nitrogens is 2. The topological polar surface area (TPSA) is 61.0 Å². The van der Waals surface area contributed by atoms with Crippen LogP contribution in [0.2, 0.25) is 0 Å². The van der Waals surface area contributed by atoms with Gasteiger partial charge in [0.05, 0.1) is 5.69 Å². The second-order valence-electron chi connectivity index (χ2n) is 3.24. The van der Waals surface area contributed by atoms with Crippen molar-refractivity contribution in [1.82, 2.24) is 10.2 Å². The van der Waals surface area contributed by atoms with Gasteiger partial charge in [0.15, 0.2) is 11.6 Å². The van der Waals surface area contributed by atoms with Crippen LogP contribution in [0.15, 0.2) is 34.8 Å². The Morgan fingerprint density at radius 1 is 1.24 bits per heavy atom. The fourth-order valence-electron chi connectivity index (χ4n) is 1.18. The molecule has 0 saturated heterocycles. The van der Waals surface area contributed by atoms with Gasteiger partial charge in [-0.3, -0.25) is 0 Å². The molecule has 1 aromatic heterocycles. The molecule has 0 aliphatic carbocycles. The van der Waals surface area contributed by atoms with E-state index in [0.717, 1.165) is 0 Å². The molecule has 2 N–H and O–H groups in total. The van der Waals surface area contributed by atoms with Gasteiger partial charge in [0.25, 0.3) is 0 Å². The van der Waals surface area contributed by atoms with Gasteiger partial charge in [-0.1, -0.05) is 15.9 Å². The first-order chi connectivity index (χ1) is 8.19. The van der Waals surface area contributed by atoms with Crippen molar-refractivity contribution in [3.8, 4) is 11.6 Å². The largest absolute Gasteiger partial charge is 0.434 e. The van der Waals surface area contributed by atoms with Gasteiger partial charge in [-0.05, 0) is 24.3 Å². The van der Waals surface area contributed by atoms with Crippen LogP contribution in [-0.4, -0.2) is 10.2 Å². The highest BCUT2D eigenvalue weighted by Gasteiger charge is 2.06. The van der Waals surface area contributed by atoms with Gasteiger partial charge in [0.1, 0.15) is 0 Å². The molecule has 0 amide bonds. The number of nitrogens with zero attached hydrogens (tertiary/aromatic N) is 2. The lowest BCUT2D eigenvalue weighted by Crippen LogP contribution is -2.01. The van der Waals surface area contributed by atoms with Crippen LogP contribution in [0, 0.1) is 5.82 Å². The third-order valence-electron chi connectivity index (χ3n) is 2.01. The Morgan fingerprint density at radius 3 is 2.65 bits per heavy atom. The molecule has 0 spiro atoms. The van der Waals surface area contributed by atoms with E-state index in [1.807, 2.05) is 0 Å². The van der Waals surface area contributed by atoms with Crippen LogP contribution in [0.4, 0.5) is 4.39 Å². The first kappa shape index (κ1) is 11.9. The molecular weight excluding hydrogens is 289 g/mol. The highest BCUT2D eigenvalue weighted by molar-refractivity contribution is 9.10. The van der Waals surface area contributed by atoms with Gasteiger partial charge in [-0.2, -0.15) is 5.10 Å². The van der Waals surface area contributed by atoms with Crippen molar-refractivity contribution in [3.63, 3.8) is 0 Å².